The molecule has 0 amide bonds. The molecule has 4 nitrogen and oxygen atoms in total. The minimum Gasteiger partial charge on any atom is -0.465 e. The van der Waals surface area contributed by atoms with Crippen molar-refractivity contribution in [2.24, 2.45) is 5.41 Å². The lowest BCUT2D eigenvalue weighted by Crippen LogP contribution is -2.37. The van der Waals surface area contributed by atoms with E-state index >= 15 is 0 Å². The zero-order valence-electron chi connectivity index (χ0n) is 13.4. The zero-order chi connectivity index (χ0) is 15.9. The number of esters is 1. The second-order valence-corrected chi connectivity index (χ2v) is 6.42. The van der Waals surface area contributed by atoms with Gasteiger partial charge in [0.15, 0.2) is 0 Å². The molecule has 0 fully saturated rings. The molecule has 2 atom stereocenters. The highest BCUT2D eigenvalue weighted by Gasteiger charge is 2.23. The van der Waals surface area contributed by atoms with E-state index in [0.29, 0.717) is 19.6 Å². The lowest BCUT2D eigenvalue weighted by molar-refractivity contribution is -0.146. The van der Waals surface area contributed by atoms with Gasteiger partial charge in [-0.2, -0.15) is 0 Å². The molecule has 4 heteroatoms. The summed E-state index contributed by atoms with van der Waals surface area (Å²) in [5.74, 6) is -0.313. The van der Waals surface area contributed by atoms with Crippen LogP contribution in [0.3, 0.4) is 0 Å². The first-order chi connectivity index (χ1) is 9.83. The van der Waals surface area contributed by atoms with E-state index in [2.05, 4.69) is 26.1 Å². The van der Waals surface area contributed by atoms with Crippen molar-refractivity contribution in [2.75, 3.05) is 13.2 Å². The standard InChI is InChI=1S/C17H27NO3/c1-5-21-16(20)15(13-9-7-6-8-10-13)18-12-14(19)11-17(2,3)4/h6-10,14-15,18-19H,5,11-12H2,1-4H3. The highest BCUT2D eigenvalue weighted by Crippen LogP contribution is 2.21. The molecule has 0 spiro atoms. The predicted octanol–water partition coefficient (Wildman–Crippen LogP) is 2.68. The zero-order valence-corrected chi connectivity index (χ0v) is 13.4. The Morgan fingerprint density at radius 1 is 1.29 bits per heavy atom. The number of ether oxygens (including phenoxy) is 1. The molecule has 2 N–H and O–H groups in total. The lowest BCUT2D eigenvalue weighted by atomic mass is 9.89. The first kappa shape index (κ1) is 17.7. The third-order valence-corrected chi connectivity index (χ3v) is 3.06. The van der Waals surface area contributed by atoms with Crippen molar-refractivity contribution in [1.82, 2.24) is 5.32 Å². The number of hydrogen-bond acceptors (Lipinski definition) is 4. The molecule has 1 rings (SSSR count). The molecule has 0 aliphatic rings. The van der Waals surface area contributed by atoms with Gasteiger partial charge in [-0.15, -0.1) is 0 Å². The van der Waals surface area contributed by atoms with Crippen LogP contribution in [0.1, 0.15) is 45.7 Å². The number of aliphatic hydroxyl groups is 1. The van der Waals surface area contributed by atoms with Gasteiger partial charge >= 0.3 is 5.97 Å². The van der Waals surface area contributed by atoms with Crippen LogP contribution in [0.15, 0.2) is 30.3 Å². The Kier molecular flexibility index (Phi) is 6.85. The predicted molar refractivity (Wildman–Crippen MR) is 83.9 cm³/mol. The number of carbonyl (C=O) groups excluding carboxylic acids is 1. The molecular weight excluding hydrogens is 266 g/mol. The Balaban J connectivity index is 2.68. The molecule has 0 saturated heterocycles. The average Bonchev–Trinajstić information content (AvgIpc) is 2.38. The van der Waals surface area contributed by atoms with Crippen molar-refractivity contribution in [3.8, 4) is 0 Å². The van der Waals surface area contributed by atoms with Gasteiger partial charge in [0, 0.05) is 6.54 Å². The topological polar surface area (TPSA) is 58.6 Å². The minimum absolute atomic E-state index is 0.0489. The second-order valence-electron chi connectivity index (χ2n) is 6.42. The quantitative estimate of drug-likeness (QED) is 0.759. The molecule has 0 heterocycles. The van der Waals surface area contributed by atoms with Gasteiger partial charge in [-0.1, -0.05) is 51.1 Å². The molecule has 2 unspecified atom stereocenters. The third-order valence-electron chi connectivity index (χ3n) is 3.06. The summed E-state index contributed by atoms with van der Waals surface area (Å²) in [6.45, 7) is 8.72. The summed E-state index contributed by atoms with van der Waals surface area (Å²) < 4.78 is 5.11. The van der Waals surface area contributed by atoms with Crippen molar-refractivity contribution >= 4 is 5.97 Å². The summed E-state index contributed by atoms with van der Waals surface area (Å²) >= 11 is 0. The van der Waals surface area contributed by atoms with Crippen LogP contribution in [0.5, 0.6) is 0 Å². The number of benzene rings is 1. The summed E-state index contributed by atoms with van der Waals surface area (Å²) in [5.41, 5.74) is 0.895. The van der Waals surface area contributed by atoms with E-state index in [0.717, 1.165) is 5.56 Å². The number of hydrogen-bond donors (Lipinski definition) is 2. The van der Waals surface area contributed by atoms with Crippen molar-refractivity contribution < 1.29 is 14.6 Å². The molecule has 1 aromatic rings. The number of rotatable bonds is 7. The normalized spacial score (nSPS) is 14.5. The Morgan fingerprint density at radius 2 is 1.90 bits per heavy atom. The van der Waals surface area contributed by atoms with Crippen LogP contribution >= 0.6 is 0 Å². The summed E-state index contributed by atoms with van der Waals surface area (Å²) in [5, 5.41) is 13.2. The van der Waals surface area contributed by atoms with Crippen molar-refractivity contribution in [1.29, 1.82) is 0 Å². The Bertz CT molecular complexity index is 425. The molecule has 118 valence electrons. The fourth-order valence-corrected chi connectivity index (χ4v) is 2.24. The SMILES string of the molecule is CCOC(=O)C(NCC(O)CC(C)(C)C)c1ccccc1. The van der Waals surface area contributed by atoms with Crippen LogP contribution < -0.4 is 5.32 Å². The van der Waals surface area contributed by atoms with Crippen LogP contribution in [0.4, 0.5) is 0 Å². The third kappa shape index (κ3) is 6.74. The fourth-order valence-electron chi connectivity index (χ4n) is 2.24. The van der Waals surface area contributed by atoms with Crippen molar-refractivity contribution in [2.45, 2.75) is 46.3 Å². The maximum Gasteiger partial charge on any atom is 0.327 e. The smallest absolute Gasteiger partial charge is 0.327 e. The molecule has 0 aliphatic carbocycles. The van der Waals surface area contributed by atoms with Crippen molar-refractivity contribution in [3.63, 3.8) is 0 Å². The molecule has 1 aromatic carbocycles. The molecule has 21 heavy (non-hydrogen) atoms. The lowest BCUT2D eigenvalue weighted by Gasteiger charge is -2.24. The molecule has 0 aliphatic heterocycles. The van der Waals surface area contributed by atoms with Gasteiger partial charge in [0.1, 0.15) is 6.04 Å². The van der Waals surface area contributed by atoms with Crippen LogP contribution in [0.25, 0.3) is 0 Å². The van der Waals surface area contributed by atoms with E-state index < -0.39 is 12.1 Å². The monoisotopic (exact) mass is 293 g/mol. The second kappa shape index (κ2) is 8.15. The van der Waals surface area contributed by atoms with E-state index in [-0.39, 0.29) is 11.4 Å². The highest BCUT2D eigenvalue weighted by molar-refractivity contribution is 5.77. The average molecular weight is 293 g/mol. The van der Waals surface area contributed by atoms with Crippen molar-refractivity contribution in [3.05, 3.63) is 35.9 Å². The summed E-state index contributed by atoms with van der Waals surface area (Å²) in [4.78, 5) is 12.1. The van der Waals surface area contributed by atoms with Gasteiger partial charge in [-0.3, -0.25) is 5.32 Å². The number of carbonyl (C=O) groups is 1. The van der Waals surface area contributed by atoms with Gasteiger partial charge in [0.05, 0.1) is 12.7 Å². The van der Waals surface area contributed by atoms with E-state index in [9.17, 15) is 9.90 Å². The molecule has 0 aromatic heterocycles. The largest absolute Gasteiger partial charge is 0.465 e. The van der Waals surface area contributed by atoms with Crippen LogP contribution in [0, 0.1) is 5.41 Å². The Labute approximate surface area is 127 Å². The first-order valence-electron chi connectivity index (χ1n) is 7.46. The van der Waals surface area contributed by atoms with Gasteiger partial charge < -0.3 is 9.84 Å². The van der Waals surface area contributed by atoms with E-state index in [1.807, 2.05) is 30.3 Å². The van der Waals surface area contributed by atoms with E-state index in [4.69, 9.17) is 4.74 Å². The summed E-state index contributed by atoms with van der Waals surface area (Å²) in [7, 11) is 0. The van der Waals surface area contributed by atoms with E-state index in [1.165, 1.54) is 0 Å². The highest BCUT2D eigenvalue weighted by atomic mass is 16.5. The molecule has 0 saturated carbocycles. The minimum atomic E-state index is -0.541. The van der Waals surface area contributed by atoms with Gasteiger partial charge in [0.25, 0.3) is 0 Å². The van der Waals surface area contributed by atoms with E-state index in [1.54, 1.807) is 6.92 Å². The first-order valence-corrected chi connectivity index (χ1v) is 7.46. The van der Waals surface area contributed by atoms with Gasteiger partial charge in [-0.05, 0) is 24.3 Å². The van der Waals surface area contributed by atoms with Crippen LogP contribution in [-0.4, -0.2) is 30.3 Å². The Morgan fingerprint density at radius 3 is 2.43 bits per heavy atom. The van der Waals surface area contributed by atoms with Crippen LogP contribution in [0.2, 0.25) is 0 Å². The maximum atomic E-state index is 12.1. The molecular formula is C17H27NO3. The molecule has 0 bridgehead atoms. The summed E-state index contributed by atoms with van der Waals surface area (Å²) in [6, 6.07) is 8.89. The number of nitrogens with one attached hydrogen (secondary N) is 1. The van der Waals surface area contributed by atoms with Crippen LogP contribution in [-0.2, 0) is 9.53 Å². The Hall–Kier alpha value is -1.39. The molecule has 0 radical (unpaired) electrons. The fraction of sp³-hybridized carbons (Fsp3) is 0.588. The summed E-state index contributed by atoms with van der Waals surface area (Å²) in [6.07, 6.45) is 0.176. The van der Waals surface area contributed by atoms with Gasteiger partial charge in [-0.25, -0.2) is 4.79 Å². The number of aliphatic hydroxyl groups excluding tert-OH is 1. The van der Waals surface area contributed by atoms with Gasteiger partial charge in [0.2, 0.25) is 0 Å². The maximum absolute atomic E-state index is 12.1.